The Hall–Kier alpha value is -0.120. The fraction of sp³-hybridized carbons (Fsp3) is 1.00. The minimum atomic E-state index is -0.213. The Morgan fingerprint density at radius 2 is 2.15 bits per heavy atom. The molecule has 3 rings (SSSR count). The Bertz CT molecular complexity index is 164. The SMILES string of the molecule is C[C@@H](O)CNC1CN2CCC1CC2. The van der Waals surface area contributed by atoms with Crippen molar-refractivity contribution >= 4 is 0 Å². The van der Waals surface area contributed by atoms with Crippen LogP contribution in [0.25, 0.3) is 0 Å². The third kappa shape index (κ3) is 2.22. The van der Waals surface area contributed by atoms with Crippen LogP contribution >= 0.6 is 0 Å². The molecular formula is C10H20N2O. The number of hydrogen-bond donors (Lipinski definition) is 2. The van der Waals surface area contributed by atoms with Crippen LogP contribution in [0.2, 0.25) is 0 Å². The highest BCUT2D eigenvalue weighted by atomic mass is 16.3. The van der Waals surface area contributed by atoms with Crippen LogP contribution in [0.1, 0.15) is 19.8 Å². The van der Waals surface area contributed by atoms with Gasteiger partial charge in [-0.1, -0.05) is 0 Å². The summed E-state index contributed by atoms with van der Waals surface area (Å²) in [6.45, 7) is 6.36. The van der Waals surface area contributed by atoms with Crippen molar-refractivity contribution in [1.82, 2.24) is 10.2 Å². The molecule has 0 saturated carbocycles. The maximum absolute atomic E-state index is 9.18. The zero-order valence-corrected chi connectivity index (χ0v) is 8.37. The van der Waals surface area contributed by atoms with Gasteiger partial charge in [0.05, 0.1) is 6.10 Å². The van der Waals surface area contributed by atoms with E-state index in [1.807, 2.05) is 6.92 Å². The van der Waals surface area contributed by atoms with Crippen molar-refractivity contribution in [3.8, 4) is 0 Å². The lowest BCUT2D eigenvalue weighted by molar-refractivity contribution is 0.0653. The standard InChI is InChI=1S/C10H20N2O/c1-8(13)6-11-10-7-12-4-2-9(10)3-5-12/h8-11,13H,2-7H2,1H3/t8-,10?/m1/s1. The molecule has 3 saturated heterocycles. The summed E-state index contributed by atoms with van der Waals surface area (Å²) in [5.74, 6) is 0.865. The highest BCUT2D eigenvalue weighted by Crippen LogP contribution is 2.27. The van der Waals surface area contributed by atoms with Gasteiger partial charge in [0.25, 0.3) is 0 Å². The number of rotatable bonds is 3. The monoisotopic (exact) mass is 184 g/mol. The molecular weight excluding hydrogens is 164 g/mol. The van der Waals surface area contributed by atoms with Crippen LogP contribution < -0.4 is 5.32 Å². The fourth-order valence-electron chi connectivity index (χ4n) is 2.52. The number of fused-ring (bicyclic) bond motifs is 3. The van der Waals surface area contributed by atoms with Gasteiger partial charge in [0.2, 0.25) is 0 Å². The first-order chi connectivity index (χ1) is 6.25. The van der Waals surface area contributed by atoms with E-state index in [2.05, 4.69) is 10.2 Å². The summed E-state index contributed by atoms with van der Waals surface area (Å²) in [6.07, 6.45) is 2.48. The second-order valence-electron chi connectivity index (χ2n) is 4.50. The first-order valence-electron chi connectivity index (χ1n) is 5.39. The predicted octanol–water partition coefficient (Wildman–Crippen LogP) is 0.0510. The van der Waals surface area contributed by atoms with Gasteiger partial charge in [-0.25, -0.2) is 0 Å². The summed E-state index contributed by atoms with van der Waals surface area (Å²) in [5, 5.41) is 12.6. The summed E-state index contributed by atoms with van der Waals surface area (Å²) >= 11 is 0. The Morgan fingerprint density at radius 1 is 1.46 bits per heavy atom. The third-order valence-corrected chi connectivity index (χ3v) is 3.33. The van der Waals surface area contributed by atoms with Crippen molar-refractivity contribution in [3.05, 3.63) is 0 Å². The molecule has 2 N–H and O–H groups in total. The van der Waals surface area contributed by atoms with E-state index in [0.29, 0.717) is 6.04 Å². The first kappa shape index (κ1) is 9.44. The molecule has 0 radical (unpaired) electrons. The average Bonchev–Trinajstić information content (AvgIpc) is 2.17. The van der Waals surface area contributed by atoms with Crippen molar-refractivity contribution in [2.45, 2.75) is 31.9 Å². The van der Waals surface area contributed by atoms with Crippen LogP contribution in [0.3, 0.4) is 0 Å². The largest absolute Gasteiger partial charge is 0.392 e. The Morgan fingerprint density at radius 3 is 2.62 bits per heavy atom. The molecule has 0 amide bonds. The number of hydrogen-bond acceptors (Lipinski definition) is 3. The lowest BCUT2D eigenvalue weighted by Gasteiger charge is -2.45. The van der Waals surface area contributed by atoms with Crippen molar-refractivity contribution in [1.29, 1.82) is 0 Å². The molecule has 0 aromatic heterocycles. The molecule has 0 spiro atoms. The number of nitrogens with one attached hydrogen (secondary N) is 1. The van der Waals surface area contributed by atoms with Gasteiger partial charge in [-0.3, -0.25) is 0 Å². The second kappa shape index (κ2) is 3.95. The summed E-state index contributed by atoms with van der Waals surface area (Å²) in [7, 11) is 0. The van der Waals surface area contributed by atoms with E-state index in [0.717, 1.165) is 12.5 Å². The Labute approximate surface area is 80.1 Å². The average molecular weight is 184 g/mol. The highest BCUT2D eigenvalue weighted by molar-refractivity contribution is 4.90. The summed E-state index contributed by atoms with van der Waals surface area (Å²) in [5.41, 5.74) is 0. The quantitative estimate of drug-likeness (QED) is 0.650. The van der Waals surface area contributed by atoms with Gasteiger partial charge in [0.1, 0.15) is 0 Å². The smallest absolute Gasteiger partial charge is 0.0636 e. The van der Waals surface area contributed by atoms with Gasteiger partial charge in [-0.2, -0.15) is 0 Å². The zero-order chi connectivity index (χ0) is 9.26. The molecule has 3 fully saturated rings. The van der Waals surface area contributed by atoms with E-state index in [1.54, 1.807) is 0 Å². The number of piperidine rings is 3. The fourth-order valence-corrected chi connectivity index (χ4v) is 2.52. The van der Waals surface area contributed by atoms with E-state index in [-0.39, 0.29) is 6.10 Å². The number of nitrogens with zero attached hydrogens (tertiary/aromatic N) is 1. The minimum absolute atomic E-state index is 0.213. The molecule has 0 aromatic carbocycles. The molecule has 2 bridgehead atoms. The van der Waals surface area contributed by atoms with Gasteiger partial charge in [-0.05, 0) is 38.8 Å². The summed E-state index contributed by atoms with van der Waals surface area (Å²) in [6, 6.07) is 0.636. The molecule has 3 heteroatoms. The molecule has 3 heterocycles. The lowest BCUT2D eigenvalue weighted by Crippen LogP contribution is -2.56. The van der Waals surface area contributed by atoms with Crippen LogP contribution in [0, 0.1) is 5.92 Å². The van der Waals surface area contributed by atoms with Gasteiger partial charge in [-0.15, -0.1) is 0 Å². The van der Waals surface area contributed by atoms with Crippen molar-refractivity contribution in [3.63, 3.8) is 0 Å². The second-order valence-corrected chi connectivity index (χ2v) is 4.50. The van der Waals surface area contributed by atoms with E-state index in [1.165, 1.54) is 32.5 Å². The molecule has 3 aliphatic rings. The Kier molecular flexibility index (Phi) is 2.86. The molecule has 0 aromatic rings. The van der Waals surface area contributed by atoms with Gasteiger partial charge >= 0.3 is 0 Å². The normalized spacial score (nSPS) is 40.6. The zero-order valence-electron chi connectivity index (χ0n) is 8.37. The van der Waals surface area contributed by atoms with Crippen molar-refractivity contribution in [2.24, 2.45) is 5.92 Å². The molecule has 76 valence electrons. The van der Waals surface area contributed by atoms with Gasteiger partial charge < -0.3 is 15.3 Å². The van der Waals surface area contributed by atoms with Crippen LogP contribution in [-0.2, 0) is 0 Å². The maximum atomic E-state index is 9.18. The Balaban J connectivity index is 1.80. The minimum Gasteiger partial charge on any atom is -0.392 e. The van der Waals surface area contributed by atoms with E-state index < -0.39 is 0 Å². The number of aliphatic hydroxyl groups is 1. The van der Waals surface area contributed by atoms with Gasteiger partial charge in [0, 0.05) is 19.1 Å². The van der Waals surface area contributed by atoms with E-state index >= 15 is 0 Å². The predicted molar refractivity (Wildman–Crippen MR) is 52.6 cm³/mol. The highest BCUT2D eigenvalue weighted by Gasteiger charge is 2.33. The van der Waals surface area contributed by atoms with E-state index in [9.17, 15) is 5.11 Å². The van der Waals surface area contributed by atoms with Crippen molar-refractivity contribution in [2.75, 3.05) is 26.2 Å². The molecule has 1 unspecified atom stereocenters. The molecule has 13 heavy (non-hydrogen) atoms. The van der Waals surface area contributed by atoms with Gasteiger partial charge in [0.15, 0.2) is 0 Å². The lowest BCUT2D eigenvalue weighted by atomic mass is 9.84. The molecule has 3 nitrogen and oxygen atoms in total. The number of aliphatic hydroxyl groups excluding tert-OH is 1. The molecule has 2 atom stereocenters. The third-order valence-electron chi connectivity index (χ3n) is 3.33. The van der Waals surface area contributed by atoms with Crippen LogP contribution in [0.4, 0.5) is 0 Å². The first-order valence-corrected chi connectivity index (χ1v) is 5.39. The van der Waals surface area contributed by atoms with Crippen molar-refractivity contribution < 1.29 is 5.11 Å². The maximum Gasteiger partial charge on any atom is 0.0636 e. The molecule has 3 aliphatic heterocycles. The van der Waals surface area contributed by atoms with Crippen LogP contribution in [-0.4, -0.2) is 48.3 Å². The summed E-state index contributed by atoms with van der Waals surface area (Å²) < 4.78 is 0. The van der Waals surface area contributed by atoms with E-state index in [4.69, 9.17) is 0 Å². The topological polar surface area (TPSA) is 35.5 Å². The summed E-state index contributed by atoms with van der Waals surface area (Å²) in [4.78, 5) is 2.53. The van der Waals surface area contributed by atoms with Crippen LogP contribution in [0.15, 0.2) is 0 Å². The van der Waals surface area contributed by atoms with Crippen LogP contribution in [0.5, 0.6) is 0 Å². The molecule has 0 aliphatic carbocycles.